The Hall–Kier alpha value is -2.09. The van der Waals surface area contributed by atoms with E-state index in [2.05, 4.69) is 0 Å². The standard InChI is InChI=1S/C17H12Cl2FNO4S/c1-9-12(8-17(22)23)13-6-10(20)2-5-16(13)21(9)26(24,25)11-3-4-14(18)15(19)7-11/h2-7H,8H2,1H3,(H,22,23). The summed E-state index contributed by atoms with van der Waals surface area (Å²) in [6, 6.07) is 7.42. The van der Waals surface area contributed by atoms with E-state index in [1.54, 1.807) is 0 Å². The van der Waals surface area contributed by atoms with Crippen LogP contribution in [-0.4, -0.2) is 23.5 Å². The van der Waals surface area contributed by atoms with E-state index in [1.807, 2.05) is 0 Å². The zero-order chi connectivity index (χ0) is 19.2. The van der Waals surface area contributed by atoms with Crippen molar-refractivity contribution >= 4 is 50.1 Å². The summed E-state index contributed by atoms with van der Waals surface area (Å²) in [5.74, 6) is -1.74. The second kappa shape index (κ2) is 6.57. The molecule has 9 heteroatoms. The van der Waals surface area contributed by atoms with Gasteiger partial charge >= 0.3 is 5.97 Å². The molecule has 3 rings (SSSR count). The van der Waals surface area contributed by atoms with Crippen LogP contribution >= 0.6 is 23.2 Å². The van der Waals surface area contributed by atoms with Crippen molar-refractivity contribution in [2.45, 2.75) is 18.2 Å². The lowest BCUT2D eigenvalue weighted by molar-refractivity contribution is -0.136. The van der Waals surface area contributed by atoms with Gasteiger partial charge in [-0.3, -0.25) is 4.79 Å². The largest absolute Gasteiger partial charge is 0.481 e. The lowest BCUT2D eigenvalue weighted by Gasteiger charge is -2.11. The molecule has 26 heavy (non-hydrogen) atoms. The molecule has 0 bridgehead atoms. The second-order valence-electron chi connectivity index (χ2n) is 5.64. The summed E-state index contributed by atoms with van der Waals surface area (Å²) in [6.07, 6.45) is -0.435. The third-order valence-corrected chi connectivity index (χ3v) is 6.54. The second-order valence-corrected chi connectivity index (χ2v) is 8.24. The van der Waals surface area contributed by atoms with Crippen LogP contribution in [0.15, 0.2) is 41.3 Å². The van der Waals surface area contributed by atoms with Crippen LogP contribution in [-0.2, 0) is 21.2 Å². The summed E-state index contributed by atoms with van der Waals surface area (Å²) in [4.78, 5) is 11.1. The first-order valence-corrected chi connectivity index (χ1v) is 9.54. The number of carbonyl (C=O) groups is 1. The van der Waals surface area contributed by atoms with Crippen LogP contribution in [0.2, 0.25) is 10.0 Å². The van der Waals surface area contributed by atoms with Gasteiger partial charge in [0, 0.05) is 11.1 Å². The van der Waals surface area contributed by atoms with E-state index in [1.165, 1.54) is 31.2 Å². The maximum atomic E-state index is 13.7. The summed E-state index contributed by atoms with van der Waals surface area (Å²) in [6.45, 7) is 1.48. The number of carboxylic acid groups (broad SMARTS) is 1. The number of aliphatic carboxylic acids is 1. The molecule has 1 heterocycles. The van der Waals surface area contributed by atoms with E-state index in [-0.39, 0.29) is 37.1 Å². The molecule has 1 aromatic heterocycles. The summed E-state index contributed by atoms with van der Waals surface area (Å²) in [7, 11) is -4.11. The highest BCUT2D eigenvalue weighted by molar-refractivity contribution is 7.90. The van der Waals surface area contributed by atoms with E-state index in [0.717, 1.165) is 16.1 Å². The van der Waals surface area contributed by atoms with Crippen LogP contribution in [0.5, 0.6) is 0 Å². The van der Waals surface area contributed by atoms with Gasteiger partial charge in [-0.1, -0.05) is 23.2 Å². The number of nitrogens with zero attached hydrogens (tertiary/aromatic N) is 1. The van der Waals surface area contributed by atoms with Gasteiger partial charge < -0.3 is 5.11 Å². The molecule has 3 aromatic rings. The van der Waals surface area contributed by atoms with Gasteiger partial charge in [0.2, 0.25) is 0 Å². The number of carboxylic acids is 1. The molecule has 0 spiro atoms. The Bertz CT molecular complexity index is 1160. The maximum absolute atomic E-state index is 13.7. The van der Waals surface area contributed by atoms with Gasteiger partial charge in [0.05, 0.1) is 26.9 Å². The zero-order valence-corrected chi connectivity index (χ0v) is 15.7. The Kier molecular flexibility index (Phi) is 4.72. The van der Waals surface area contributed by atoms with E-state index < -0.39 is 28.2 Å². The molecule has 136 valence electrons. The SMILES string of the molecule is Cc1c(CC(=O)O)c2cc(F)ccc2n1S(=O)(=O)c1ccc(Cl)c(Cl)c1. The van der Waals surface area contributed by atoms with Crippen LogP contribution in [0.1, 0.15) is 11.3 Å². The lowest BCUT2D eigenvalue weighted by atomic mass is 10.1. The van der Waals surface area contributed by atoms with Crippen molar-refractivity contribution in [2.75, 3.05) is 0 Å². The summed E-state index contributed by atoms with van der Waals surface area (Å²) < 4.78 is 40.9. The Morgan fingerprint density at radius 3 is 2.46 bits per heavy atom. The van der Waals surface area contributed by atoms with Crippen molar-refractivity contribution < 1.29 is 22.7 Å². The van der Waals surface area contributed by atoms with E-state index in [0.29, 0.717) is 0 Å². The van der Waals surface area contributed by atoms with Crippen LogP contribution in [0.25, 0.3) is 10.9 Å². The fraction of sp³-hybridized carbons (Fsp3) is 0.118. The van der Waals surface area contributed by atoms with Crippen LogP contribution in [0, 0.1) is 12.7 Å². The summed E-state index contributed by atoms with van der Waals surface area (Å²) >= 11 is 11.8. The summed E-state index contributed by atoms with van der Waals surface area (Å²) in [5, 5.41) is 9.63. The first-order chi connectivity index (χ1) is 12.1. The quantitative estimate of drug-likeness (QED) is 0.690. The maximum Gasteiger partial charge on any atom is 0.307 e. The predicted octanol–water partition coefficient (Wildman–Crippen LogP) is 4.26. The molecule has 0 fully saturated rings. The van der Waals surface area contributed by atoms with Crippen molar-refractivity contribution in [1.82, 2.24) is 3.97 Å². The minimum atomic E-state index is -4.11. The molecule has 5 nitrogen and oxygen atoms in total. The van der Waals surface area contributed by atoms with Crippen molar-refractivity contribution in [3.8, 4) is 0 Å². The monoisotopic (exact) mass is 415 g/mol. The van der Waals surface area contributed by atoms with Gasteiger partial charge in [-0.25, -0.2) is 16.8 Å². The number of rotatable bonds is 4. The van der Waals surface area contributed by atoms with Crippen molar-refractivity contribution in [3.05, 3.63) is 63.5 Å². The molecular formula is C17H12Cl2FNO4S. The predicted molar refractivity (Wildman–Crippen MR) is 97.0 cm³/mol. The van der Waals surface area contributed by atoms with E-state index in [9.17, 15) is 17.6 Å². The molecule has 0 saturated heterocycles. The fourth-order valence-corrected chi connectivity index (χ4v) is 4.82. The third-order valence-electron chi connectivity index (χ3n) is 4.00. The van der Waals surface area contributed by atoms with E-state index >= 15 is 0 Å². The highest BCUT2D eigenvalue weighted by atomic mass is 35.5. The van der Waals surface area contributed by atoms with Gasteiger partial charge in [-0.05, 0) is 48.9 Å². The zero-order valence-electron chi connectivity index (χ0n) is 13.3. The molecule has 0 aliphatic rings. The molecule has 1 N–H and O–H groups in total. The topological polar surface area (TPSA) is 76.4 Å². The van der Waals surface area contributed by atoms with Crippen molar-refractivity contribution in [1.29, 1.82) is 0 Å². The first-order valence-electron chi connectivity index (χ1n) is 7.35. The molecule has 0 radical (unpaired) electrons. The van der Waals surface area contributed by atoms with Gasteiger partial charge in [-0.2, -0.15) is 0 Å². The molecule has 0 unspecified atom stereocenters. The minimum absolute atomic E-state index is 0.0682. The number of aromatic nitrogens is 1. The number of fused-ring (bicyclic) bond motifs is 1. The molecule has 2 aromatic carbocycles. The Morgan fingerprint density at radius 1 is 1.15 bits per heavy atom. The summed E-state index contributed by atoms with van der Waals surface area (Å²) in [5.41, 5.74) is 0.612. The van der Waals surface area contributed by atoms with Crippen molar-refractivity contribution in [3.63, 3.8) is 0 Å². The Morgan fingerprint density at radius 2 is 1.85 bits per heavy atom. The molecular weight excluding hydrogens is 404 g/mol. The van der Waals surface area contributed by atoms with Crippen LogP contribution in [0.3, 0.4) is 0 Å². The lowest BCUT2D eigenvalue weighted by Crippen LogP contribution is -2.15. The molecule has 0 atom stereocenters. The number of halogens is 3. The van der Waals surface area contributed by atoms with Crippen LogP contribution < -0.4 is 0 Å². The van der Waals surface area contributed by atoms with Gasteiger partial charge in [0.25, 0.3) is 10.0 Å². The van der Waals surface area contributed by atoms with Gasteiger partial charge in [0.1, 0.15) is 5.82 Å². The smallest absolute Gasteiger partial charge is 0.307 e. The highest BCUT2D eigenvalue weighted by Crippen LogP contribution is 2.32. The third kappa shape index (κ3) is 3.06. The number of benzene rings is 2. The average molecular weight is 416 g/mol. The fourth-order valence-electron chi connectivity index (χ4n) is 2.85. The molecule has 0 aliphatic heterocycles. The number of hydrogen-bond donors (Lipinski definition) is 1. The Balaban J connectivity index is 2.35. The number of hydrogen-bond acceptors (Lipinski definition) is 3. The molecule has 0 aliphatic carbocycles. The molecule has 0 saturated carbocycles. The van der Waals surface area contributed by atoms with Crippen LogP contribution in [0.4, 0.5) is 4.39 Å². The minimum Gasteiger partial charge on any atom is -0.481 e. The first kappa shape index (κ1) is 18.7. The van der Waals surface area contributed by atoms with Crippen molar-refractivity contribution in [2.24, 2.45) is 0 Å². The van der Waals surface area contributed by atoms with Gasteiger partial charge in [0.15, 0.2) is 0 Å². The Labute approximate surface area is 158 Å². The van der Waals surface area contributed by atoms with E-state index in [4.69, 9.17) is 28.3 Å². The molecule has 0 amide bonds. The average Bonchev–Trinajstić information content (AvgIpc) is 2.82. The normalized spacial score (nSPS) is 11.8. The highest BCUT2D eigenvalue weighted by Gasteiger charge is 2.26. The van der Waals surface area contributed by atoms with Gasteiger partial charge in [-0.15, -0.1) is 0 Å².